The van der Waals surface area contributed by atoms with Gasteiger partial charge >= 0.3 is 0 Å². The molecule has 0 aliphatic heterocycles. The van der Waals surface area contributed by atoms with Crippen LogP contribution in [0.4, 0.5) is 8.78 Å². The molecule has 16 heavy (non-hydrogen) atoms. The van der Waals surface area contributed by atoms with E-state index in [0.717, 1.165) is 12.1 Å². The molecule has 0 amide bonds. The van der Waals surface area contributed by atoms with E-state index in [1.165, 1.54) is 6.92 Å². The molecule has 0 aromatic heterocycles. The Labute approximate surface area is 91.6 Å². The molecule has 1 unspecified atom stereocenters. The Bertz CT molecular complexity index is 415. The standard InChI is InChI=1S/C10H13F2N3O/c1-10(16,5-15-9(13)14)7-3-2-6(11)4-8(7)12/h2-4,16H,5H2,1H3,(H4,13,14,15). The number of hydrogen-bond donors (Lipinski definition) is 3. The van der Waals surface area contributed by atoms with Gasteiger partial charge in [0.15, 0.2) is 5.96 Å². The Morgan fingerprint density at radius 1 is 1.44 bits per heavy atom. The number of halogens is 2. The zero-order valence-corrected chi connectivity index (χ0v) is 8.74. The van der Waals surface area contributed by atoms with Crippen LogP contribution in [-0.4, -0.2) is 17.6 Å². The van der Waals surface area contributed by atoms with Crippen molar-refractivity contribution in [2.45, 2.75) is 12.5 Å². The van der Waals surface area contributed by atoms with E-state index in [1.54, 1.807) is 0 Å². The molecule has 0 saturated carbocycles. The molecule has 1 aromatic rings. The third-order valence-electron chi connectivity index (χ3n) is 2.08. The third-order valence-corrected chi connectivity index (χ3v) is 2.08. The van der Waals surface area contributed by atoms with Crippen LogP contribution in [0.2, 0.25) is 0 Å². The van der Waals surface area contributed by atoms with Gasteiger partial charge in [-0.25, -0.2) is 8.78 Å². The average Bonchev–Trinajstić information content (AvgIpc) is 2.14. The number of aliphatic imine (C=N–C) groups is 1. The van der Waals surface area contributed by atoms with Gasteiger partial charge in [-0.2, -0.15) is 0 Å². The molecule has 6 heteroatoms. The molecule has 1 rings (SSSR count). The van der Waals surface area contributed by atoms with Gasteiger partial charge in [0.05, 0.1) is 6.54 Å². The first-order valence-electron chi connectivity index (χ1n) is 4.56. The first-order chi connectivity index (χ1) is 7.33. The molecule has 88 valence electrons. The summed E-state index contributed by atoms with van der Waals surface area (Å²) in [6, 6.07) is 2.91. The lowest BCUT2D eigenvalue weighted by Gasteiger charge is -2.22. The topological polar surface area (TPSA) is 84.6 Å². The van der Waals surface area contributed by atoms with Crippen molar-refractivity contribution in [3.05, 3.63) is 35.4 Å². The minimum absolute atomic E-state index is 0.0566. The molecule has 0 aliphatic rings. The Hall–Kier alpha value is -1.69. The van der Waals surface area contributed by atoms with E-state index in [0.29, 0.717) is 6.07 Å². The van der Waals surface area contributed by atoms with Crippen LogP contribution >= 0.6 is 0 Å². The van der Waals surface area contributed by atoms with Gasteiger partial charge in [-0.3, -0.25) is 4.99 Å². The van der Waals surface area contributed by atoms with Gasteiger partial charge in [0.2, 0.25) is 0 Å². The van der Waals surface area contributed by atoms with Crippen molar-refractivity contribution in [3.8, 4) is 0 Å². The normalized spacial score (nSPS) is 14.2. The number of rotatable bonds is 3. The Morgan fingerprint density at radius 3 is 2.56 bits per heavy atom. The van der Waals surface area contributed by atoms with Crippen molar-refractivity contribution in [2.75, 3.05) is 6.54 Å². The summed E-state index contributed by atoms with van der Waals surface area (Å²) in [6.07, 6.45) is 0. The molecule has 5 N–H and O–H groups in total. The Morgan fingerprint density at radius 2 is 2.06 bits per heavy atom. The van der Waals surface area contributed by atoms with Crippen LogP contribution in [0, 0.1) is 11.6 Å². The van der Waals surface area contributed by atoms with Crippen LogP contribution in [-0.2, 0) is 5.60 Å². The van der Waals surface area contributed by atoms with Crippen LogP contribution in [0.5, 0.6) is 0 Å². The first kappa shape index (κ1) is 12.4. The summed E-state index contributed by atoms with van der Waals surface area (Å²) in [7, 11) is 0. The minimum atomic E-state index is -1.58. The van der Waals surface area contributed by atoms with Crippen LogP contribution in [0.3, 0.4) is 0 Å². The van der Waals surface area contributed by atoms with E-state index in [1.807, 2.05) is 0 Å². The quantitative estimate of drug-likeness (QED) is 0.519. The maximum atomic E-state index is 13.4. The third kappa shape index (κ3) is 2.90. The van der Waals surface area contributed by atoms with Gasteiger partial charge < -0.3 is 16.6 Å². The molecule has 0 heterocycles. The molecule has 0 radical (unpaired) electrons. The van der Waals surface area contributed by atoms with Crippen molar-refractivity contribution in [3.63, 3.8) is 0 Å². The SMILES string of the molecule is CC(O)(CN=C(N)N)c1ccc(F)cc1F. The number of aliphatic hydroxyl groups is 1. The fourth-order valence-electron chi connectivity index (χ4n) is 1.26. The summed E-state index contributed by atoms with van der Waals surface area (Å²) >= 11 is 0. The van der Waals surface area contributed by atoms with Crippen molar-refractivity contribution in [1.82, 2.24) is 0 Å². The van der Waals surface area contributed by atoms with Gasteiger partial charge in [0.1, 0.15) is 17.2 Å². The van der Waals surface area contributed by atoms with Gasteiger partial charge in [-0.1, -0.05) is 6.07 Å². The number of hydrogen-bond acceptors (Lipinski definition) is 2. The van der Waals surface area contributed by atoms with Gasteiger partial charge in [-0.15, -0.1) is 0 Å². The molecule has 0 bridgehead atoms. The van der Waals surface area contributed by atoms with E-state index in [-0.39, 0.29) is 18.1 Å². The highest BCUT2D eigenvalue weighted by molar-refractivity contribution is 5.75. The van der Waals surface area contributed by atoms with Gasteiger partial charge in [0, 0.05) is 11.6 Å². The number of nitrogens with zero attached hydrogens (tertiary/aromatic N) is 1. The molecule has 0 saturated heterocycles. The molecule has 1 atom stereocenters. The van der Waals surface area contributed by atoms with Gasteiger partial charge in [-0.05, 0) is 13.0 Å². The highest BCUT2D eigenvalue weighted by Gasteiger charge is 2.26. The predicted octanol–water partition coefficient (Wildman–Crippen LogP) is 0.446. The van der Waals surface area contributed by atoms with Crippen LogP contribution < -0.4 is 11.5 Å². The van der Waals surface area contributed by atoms with E-state index in [2.05, 4.69) is 4.99 Å². The Balaban J connectivity index is 3.02. The average molecular weight is 229 g/mol. The maximum absolute atomic E-state index is 13.4. The van der Waals surface area contributed by atoms with Crippen LogP contribution in [0.1, 0.15) is 12.5 Å². The summed E-state index contributed by atoms with van der Waals surface area (Å²) in [6.45, 7) is 1.15. The second-order valence-electron chi connectivity index (χ2n) is 3.64. The van der Waals surface area contributed by atoms with Crippen LogP contribution in [0.25, 0.3) is 0 Å². The van der Waals surface area contributed by atoms with E-state index < -0.39 is 17.2 Å². The fraction of sp³-hybridized carbons (Fsp3) is 0.300. The summed E-state index contributed by atoms with van der Waals surface area (Å²) in [5.41, 5.74) is 8.57. The molecular weight excluding hydrogens is 216 g/mol. The zero-order chi connectivity index (χ0) is 12.3. The smallest absolute Gasteiger partial charge is 0.186 e. The van der Waals surface area contributed by atoms with E-state index in [9.17, 15) is 13.9 Å². The maximum Gasteiger partial charge on any atom is 0.186 e. The second-order valence-corrected chi connectivity index (χ2v) is 3.64. The van der Waals surface area contributed by atoms with Crippen molar-refractivity contribution < 1.29 is 13.9 Å². The largest absolute Gasteiger partial charge is 0.383 e. The molecule has 0 aliphatic carbocycles. The first-order valence-corrected chi connectivity index (χ1v) is 4.56. The lowest BCUT2D eigenvalue weighted by atomic mass is 9.95. The lowest BCUT2D eigenvalue weighted by molar-refractivity contribution is 0.0633. The fourth-order valence-corrected chi connectivity index (χ4v) is 1.26. The highest BCUT2D eigenvalue weighted by atomic mass is 19.1. The summed E-state index contributed by atoms with van der Waals surface area (Å²) in [5.74, 6) is -1.75. The molecule has 0 fully saturated rings. The second kappa shape index (κ2) is 4.44. The lowest BCUT2D eigenvalue weighted by Crippen LogP contribution is -2.30. The monoisotopic (exact) mass is 229 g/mol. The summed E-state index contributed by atoms with van der Waals surface area (Å²) in [4.78, 5) is 3.60. The van der Waals surface area contributed by atoms with Crippen molar-refractivity contribution in [1.29, 1.82) is 0 Å². The highest BCUT2D eigenvalue weighted by Crippen LogP contribution is 2.24. The summed E-state index contributed by atoms with van der Waals surface area (Å²) < 4.78 is 26.0. The van der Waals surface area contributed by atoms with E-state index in [4.69, 9.17) is 11.5 Å². The van der Waals surface area contributed by atoms with Crippen LogP contribution in [0.15, 0.2) is 23.2 Å². The van der Waals surface area contributed by atoms with Crippen molar-refractivity contribution in [2.24, 2.45) is 16.5 Å². The molecule has 0 spiro atoms. The number of benzene rings is 1. The van der Waals surface area contributed by atoms with Gasteiger partial charge in [0.25, 0.3) is 0 Å². The zero-order valence-electron chi connectivity index (χ0n) is 8.74. The molecular formula is C10H13F2N3O. The minimum Gasteiger partial charge on any atom is -0.383 e. The molecule has 4 nitrogen and oxygen atoms in total. The number of guanidine groups is 1. The molecule has 1 aromatic carbocycles. The summed E-state index contributed by atoms with van der Waals surface area (Å²) in [5, 5.41) is 9.93. The van der Waals surface area contributed by atoms with E-state index >= 15 is 0 Å². The van der Waals surface area contributed by atoms with Crippen molar-refractivity contribution >= 4 is 5.96 Å². The Kier molecular flexibility index (Phi) is 3.44. The predicted molar refractivity (Wildman–Crippen MR) is 56.6 cm³/mol. The number of nitrogens with two attached hydrogens (primary N) is 2.